The van der Waals surface area contributed by atoms with Crippen LogP contribution in [0.5, 0.6) is 0 Å². The summed E-state index contributed by atoms with van der Waals surface area (Å²) >= 11 is 0. The SMILES string of the molecule is CNc1cc(NCc2ccc(F)cc2)nc(C)n1. The minimum absolute atomic E-state index is 0.228. The van der Waals surface area contributed by atoms with E-state index in [1.807, 2.05) is 20.0 Å². The fraction of sp³-hybridized carbons (Fsp3) is 0.231. The van der Waals surface area contributed by atoms with Gasteiger partial charge in [-0.2, -0.15) is 0 Å². The Kier molecular flexibility index (Phi) is 3.72. The lowest BCUT2D eigenvalue weighted by Gasteiger charge is -2.08. The van der Waals surface area contributed by atoms with E-state index in [9.17, 15) is 4.39 Å². The van der Waals surface area contributed by atoms with Crippen molar-refractivity contribution in [1.82, 2.24) is 9.97 Å². The highest BCUT2D eigenvalue weighted by molar-refractivity contribution is 5.47. The molecular weight excluding hydrogens is 231 g/mol. The van der Waals surface area contributed by atoms with Crippen molar-refractivity contribution >= 4 is 11.6 Å². The molecule has 0 aliphatic heterocycles. The minimum Gasteiger partial charge on any atom is -0.373 e. The van der Waals surface area contributed by atoms with Crippen molar-refractivity contribution in [1.29, 1.82) is 0 Å². The largest absolute Gasteiger partial charge is 0.373 e. The Labute approximate surface area is 105 Å². The van der Waals surface area contributed by atoms with Gasteiger partial charge in [-0.1, -0.05) is 12.1 Å². The Morgan fingerprint density at radius 1 is 1.11 bits per heavy atom. The van der Waals surface area contributed by atoms with Crippen LogP contribution in [0.4, 0.5) is 16.0 Å². The zero-order valence-corrected chi connectivity index (χ0v) is 10.4. The monoisotopic (exact) mass is 246 g/mol. The van der Waals surface area contributed by atoms with Gasteiger partial charge in [-0.3, -0.25) is 0 Å². The minimum atomic E-state index is -0.228. The van der Waals surface area contributed by atoms with Crippen LogP contribution in [0.3, 0.4) is 0 Å². The molecule has 0 amide bonds. The molecular formula is C13H15FN4. The van der Waals surface area contributed by atoms with Gasteiger partial charge in [0.2, 0.25) is 0 Å². The van der Waals surface area contributed by atoms with Crippen molar-refractivity contribution in [3.8, 4) is 0 Å². The molecule has 0 aliphatic carbocycles. The standard InChI is InChI=1S/C13H15FN4/c1-9-17-12(15-2)7-13(18-9)16-8-10-3-5-11(14)6-4-10/h3-7H,8H2,1-2H3,(H2,15,16,17,18). The van der Waals surface area contributed by atoms with Gasteiger partial charge in [0.25, 0.3) is 0 Å². The van der Waals surface area contributed by atoms with Gasteiger partial charge in [-0.25, -0.2) is 14.4 Å². The Hall–Kier alpha value is -2.17. The van der Waals surface area contributed by atoms with Crippen molar-refractivity contribution < 1.29 is 4.39 Å². The number of halogens is 1. The smallest absolute Gasteiger partial charge is 0.132 e. The first-order chi connectivity index (χ1) is 8.67. The number of aryl methyl sites for hydroxylation is 1. The Balaban J connectivity index is 2.05. The zero-order chi connectivity index (χ0) is 13.0. The topological polar surface area (TPSA) is 49.8 Å². The Morgan fingerprint density at radius 2 is 1.78 bits per heavy atom. The average molecular weight is 246 g/mol. The van der Waals surface area contributed by atoms with E-state index in [0.29, 0.717) is 12.4 Å². The van der Waals surface area contributed by atoms with Gasteiger partial charge in [-0.05, 0) is 24.6 Å². The molecule has 5 heteroatoms. The molecule has 0 saturated carbocycles. The molecule has 0 fully saturated rings. The number of hydrogen-bond acceptors (Lipinski definition) is 4. The molecule has 0 saturated heterocycles. The van der Waals surface area contributed by atoms with Gasteiger partial charge in [0, 0.05) is 19.7 Å². The first-order valence-electron chi connectivity index (χ1n) is 5.69. The summed E-state index contributed by atoms with van der Waals surface area (Å²) in [6.45, 7) is 2.43. The Bertz CT molecular complexity index is 525. The summed E-state index contributed by atoms with van der Waals surface area (Å²) in [6.07, 6.45) is 0. The second-order valence-corrected chi connectivity index (χ2v) is 3.92. The fourth-order valence-corrected chi connectivity index (χ4v) is 1.58. The van der Waals surface area contributed by atoms with Crippen molar-refractivity contribution in [2.75, 3.05) is 17.7 Å². The molecule has 0 unspecified atom stereocenters. The molecule has 4 nitrogen and oxygen atoms in total. The zero-order valence-electron chi connectivity index (χ0n) is 10.4. The van der Waals surface area contributed by atoms with Crippen molar-refractivity contribution in [2.24, 2.45) is 0 Å². The van der Waals surface area contributed by atoms with Crippen LogP contribution in [0.1, 0.15) is 11.4 Å². The summed E-state index contributed by atoms with van der Waals surface area (Å²) in [7, 11) is 1.81. The maximum Gasteiger partial charge on any atom is 0.132 e. The maximum atomic E-state index is 12.8. The molecule has 0 spiro atoms. The predicted molar refractivity (Wildman–Crippen MR) is 70.0 cm³/mol. The number of hydrogen-bond donors (Lipinski definition) is 2. The Morgan fingerprint density at radius 3 is 2.44 bits per heavy atom. The van der Waals surface area contributed by atoms with Crippen LogP contribution in [-0.4, -0.2) is 17.0 Å². The van der Waals surface area contributed by atoms with Gasteiger partial charge in [0.1, 0.15) is 23.3 Å². The summed E-state index contributed by atoms with van der Waals surface area (Å²) in [5.74, 6) is 1.98. The third-order valence-electron chi connectivity index (χ3n) is 2.48. The number of benzene rings is 1. The lowest BCUT2D eigenvalue weighted by atomic mass is 10.2. The molecule has 2 rings (SSSR count). The van der Waals surface area contributed by atoms with E-state index >= 15 is 0 Å². The van der Waals surface area contributed by atoms with Crippen LogP contribution in [-0.2, 0) is 6.54 Å². The van der Waals surface area contributed by atoms with E-state index in [0.717, 1.165) is 17.2 Å². The van der Waals surface area contributed by atoms with E-state index in [2.05, 4.69) is 20.6 Å². The predicted octanol–water partition coefficient (Wildman–Crippen LogP) is 2.58. The number of nitrogens with zero attached hydrogens (tertiary/aromatic N) is 2. The van der Waals surface area contributed by atoms with Gasteiger partial charge < -0.3 is 10.6 Å². The lowest BCUT2D eigenvalue weighted by Crippen LogP contribution is -2.05. The van der Waals surface area contributed by atoms with Crippen LogP contribution in [0.2, 0.25) is 0 Å². The third-order valence-corrected chi connectivity index (χ3v) is 2.48. The first kappa shape index (κ1) is 12.3. The summed E-state index contributed by atoms with van der Waals surface area (Å²) in [4.78, 5) is 8.49. The highest BCUT2D eigenvalue weighted by Gasteiger charge is 2.00. The van der Waals surface area contributed by atoms with Crippen molar-refractivity contribution in [3.63, 3.8) is 0 Å². The maximum absolute atomic E-state index is 12.8. The molecule has 2 N–H and O–H groups in total. The molecule has 2 aromatic rings. The van der Waals surface area contributed by atoms with Gasteiger partial charge in [0.05, 0.1) is 0 Å². The van der Waals surface area contributed by atoms with E-state index in [4.69, 9.17) is 0 Å². The molecule has 0 atom stereocenters. The molecule has 0 radical (unpaired) electrons. The van der Waals surface area contributed by atoms with E-state index in [1.165, 1.54) is 12.1 Å². The number of nitrogens with one attached hydrogen (secondary N) is 2. The molecule has 1 aromatic heterocycles. The molecule has 94 valence electrons. The molecule has 0 aliphatic rings. The second kappa shape index (κ2) is 5.44. The molecule has 18 heavy (non-hydrogen) atoms. The van der Waals surface area contributed by atoms with Crippen LogP contribution < -0.4 is 10.6 Å². The van der Waals surface area contributed by atoms with Gasteiger partial charge in [0.15, 0.2) is 0 Å². The molecule has 0 bridgehead atoms. The summed E-state index contributed by atoms with van der Waals surface area (Å²) in [5, 5.41) is 6.16. The van der Waals surface area contributed by atoms with Crippen LogP contribution >= 0.6 is 0 Å². The van der Waals surface area contributed by atoms with Crippen molar-refractivity contribution in [2.45, 2.75) is 13.5 Å². The average Bonchev–Trinajstić information content (AvgIpc) is 2.37. The van der Waals surface area contributed by atoms with E-state index in [1.54, 1.807) is 12.1 Å². The van der Waals surface area contributed by atoms with Gasteiger partial charge in [-0.15, -0.1) is 0 Å². The fourth-order valence-electron chi connectivity index (χ4n) is 1.58. The van der Waals surface area contributed by atoms with Crippen molar-refractivity contribution in [3.05, 3.63) is 47.5 Å². The highest BCUT2D eigenvalue weighted by Crippen LogP contribution is 2.12. The highest BCUT2D eigenvalue weighted by atomic mass is 19.1. The number of aromatic nitrogens is 2. The quantitative estimate of drug-likeness (QED) is 0.870. The van der Waals surface area contributed by atoms with E-state index in [-0.39, 0.29) is 5.82 Å². The van der Waals surface area contributed by atoms with Gasteiger partial charge >= 0.3 is 0 Å². The van der Waals surface area contributed by atoms with Crippen LogP contribution in [0, 0.1) is 12.7 Å². The number of rotatable bonds is 4. The third kappa shape index (κ3) is 3.16. The number of anilines is 2. The summed E-state index contributed by atoms with van der Waals surface area (Å²) < 4.78 is 12.8. The van der Waals surface area contributed by atoms with Crippen LogP contribution in [0.25, 0.3) is 0 Å². The normalized spacial score (nSPS) is 10.2. The molecule has 1 aromatic carbocycles. The summed E-state index contributed by atoms with van der Waals surface area (Å²) in [6, 6.07) is 8.21. The second-order valence-electron chi connectivity index (χ2n) is 3.92. The van der Waals surface area contributed by atoms with Crippen LogP contribution in [0.15, 0.2) is 30.3 Å². The summed E-state index contributed by atoms with van der Waals surface area (Å²) in [5.41, 5.74) is 0.999. The van der Waals surface area contributed by atoms with E-state index < -0.39 is 0 Å². The lowest BCUT2D eigenvalue weighted by molar-refractivity contribution is 0.627. The molecule has 1 heterocycles. The first-order valence-corrected chi connectivity index (χ1v) is 5.69.